The van der Waals surface area contributed by atoms with Gasteiger partial charge in [0.15, 0.2) is 5.78 Å². The van der Waals surface area contributed by atoms with Gasteiger partial charge in [-0.15, -0.1) is 0 Å². The SMILES string of the molecule is C=C(C)[C@@H]1CC[C@]2(C(=O)N3CCN(C)CC3)CC[C@]3(C)[C@H](CC[C@@H]4[C@@]5(C)C/C(=C/c6ccc(C(F)(F)F)cc6)C(=O)C(C)(C)[C@@H]5CC[C@]43C)[C@@H]12. The van der Waals surface area contributed by atoms with Gasteiger partial charge in [-0.25, -0.2) is 0 Å². The summed E-state index contributed by atoms with van der Waals surface area (Å²) in [5, 5.41) is 0. The Bertz CT molecular complexity index is 1590. The number of amides is 1. The number of nitrogens with zero attached hydrogens (tertiary/aromatic N) is 2. The number of ketones is 1. The molecule has 5 aliphatic carbocycles. The van der Waals surface area contributed by atoms with Gasteiger partial charge in [0.1, 0.15) is 0 Å². The monoisotopic (exact) mass is 692 g/mol. The number of alkyl halides is 3. The van der Waals surface area contributed by atoms with Gasteiger partial charge >= 0.3 is 6.18 Å². The molecule has 0 unspecified atom stereocenters. The standard InChI is InChI=1S/C43H59F3N2O2/c1-27(2)31-15-18-42(37(50)48-23-21-47(8)22-24-48)20-19-40(6)32(35(31)42)13-14-34-39(5)26-29(25-28-9-11-30(12-10-28)43(44,45)46)36(49)38(3,4)33(39)16-17-41(34,40)7/h9-12,25,31-35H,1,13-24,26H2,2-8H3/b29-25-/t31-,32+,33-,34+,35+,39-,40+,41+,42-/m0/s1. The number of Topliss-reactive ketones (excluding diaryl/α,β-unsaturated/α-hetero) is 1. The van der Waals surface area contributed by atoms with E-state index >= 15 is 0 Å². The molecule has 6 aliphatic rings. The van der Waals surface area contributed by atoms with Crippen molar-refractivity contribution in [2.75, 3.05) is 33.2 Å². The van der Waals surface area contributed by atoms with Gasteiger partial charge in [0.2, 0.25) is 5.91 Å². The zero-order valence-corrected chi connectivity index (χ0v) is 31.5. The summed E-state index contributed by atoms with van der Waals surface area (Å²) in [6.45, 7) is 22.0. The number of allylic oxidation sites excluding steroid dienone is 2. The van der Waals surface area contributed by atoms with E-state index in [9.17, 15) is 22.8 Å². The second-order valence-electron chi connectivity index (χ2n) is 19.0. The molecule has 4 nitrogen and oxygen atoms in total. The number of likely N-dealkylation sites (N-methyl/N-ethyl adjacent to an activating group) is 1. The highest BCUT2D eigenvalue weighted by Crippen LogP contribution is 2.77. The van der Waals surface area contributed by atoms with Crippen LogP contribution in [0, 0.1) is 56.7 Å². The Morgan fingerprint density at radius 2 is 1.52 bits per heavy atom. The van der Waals surface area contributed by atoms with Crippen LogP contribution in [0.3, 0.4) is 0 Å². The molecule has 7 rings (SSSR count). The first-order valence-corrected chi connectivity index (χ1v) is 19.4. The number of fused-ring (bicyclic) bond motifs is 7. The summed E-state index contributed by atoms with van der Waals surface area (Å²) in [5.41, 5.74) is 1.08. The Balaban J connectivity index is 1.24. The summed E-state index contributed by atoms with van der Waals surface area (Å²) < 4.78 is 40.0. The molecule has 1 saturated heterocycles. The quantitative estimate of drug-likeness (QED) is 0.234. The van der Waals surface area contributed by atoms with Gasteiger partial charge in [-0.1, -0.05) is 58.9 Å². The molecule has 0 radical (unpaired) electrons. The lowest BCUT2D eigenvalue weighted by Crippen LogP contribution is -2.67. The minimum Gasteiger partial charge on any atom is -0.340 e. The Labute approximate surface area is 298 Å². The largest absolute Gasteiger partial charge is 0.416 e. The molecule has 0 spiro atoms. The van der Waals surface area contributed by atoms with E-state index in [1.54, 1.807) is 0 Å². The van der Waals surface area contributed by atoms with Crippen LogP contribution in [-0.4, -0.2) is 54.7 Å². The number of carbonyl (C=O) groups excluding carboxylic acids is 2. The lowest BCUT2D eigenvalue weighted by atomic mass is 9.32. The maximum Gasteiger partial charge on any atom is 0.416 e. The number of hydrogen-bond acceptors (Lipinski definition) is 3. The Kier molecular flexibility index (Phi) is 8.49. The first-order chi connectivity index (χ1) is 23.3. The molecule has 5 saturated carbocycles. The highest BCUT2D eigenvalue weighted by Gasteiger charge is 2.72. The van der Waals surface area contributed by atoms with Crippen molar-refractivity contribution in [1.29, 1.82) is 0 Å². The van der Waals surface area contributed by atoms with Crippen molar-refractivity contribution in [3.05, 3.63) is 53.1 Å². The number of piperazine rings is 1. The smallest absolute Gasteiger partial charge is 0.340 e. The number of halogens is 3. The second kappa shape index (κ2) is 11.8. The molecular weight excluding hydrogens is 633 g/mol. The number of benzene rings is 1. The topological polar surface area (TPSA) is 40.6 Å². The fourth-order valence-electron chi connectivity index (χ4n) is 13.8. The summed E-state index contributed by atoms with van der Waals surface area (Å²) in [6, 6.07) is 5.24. The highest BCUT2D eigenvalue weighted by atomic mass is 19.4. The van der Waals surface area contributed by atoms with Crippen molar-refractivity contribution in [3.63, 3.8) is 0 Å². The second-order valence-corrected chi connectivity index (χ2v) is 19.0. The molecule has 6 fully saturated rings. The molecule has 7 heteroatoms. The molecule has 1 heterocycles. The molecule has 274 valence electrons. The Morgan fingerprint density at radius 3 is 2.14 bits per heavy atom. The van der Waals surface area contributed by atoms with Gasteiger partial charge in [0.25, 0.3) is 0 Å². The van der Waals surface area contributed by atoms with Crippen LogP contribution in [0.2, 0.25) is 0 Å². The lowest BCUT2D eigenvalue weighted by Gasteiger charge is -2.72. The predicted molar refractivity (Wildman–Crippen MR) is 193 cm³/mol. The van der Waals surface area contributed by atoms with Crippen LogP contribution in [0.5, 0.6) is 0 Å². The number of carbonyl (C=O) groups is 2. The van der Waals surface area contributed by atoms with Crippen molar-refractivity contribution in [3.8, 4) is 0 Å². The van der Waals surface area contributed by atoms with Gasteiger partial charge in [0, 0.05) is 31.6 Å². The Morgan fingerprint density at radius 1 is 0.860 bits per heavy atom. The van der Waals surface area contributed by atoms with E-state index in [-0.39, 0.29) is 33.4 Å². The van der Waals surface area contributed by atoms with Crippen molar-refractivity contribution >= 4 is 17.8 Å². The minimum absolute atomic E-state index is 0.0440. The molecule has 1 amide bonds. The highest BCUT2D eigenvalue weighted by molar-refractivity contribution is 6.04. The van der Waals surface area contributed by atoms with E-state index in [1.165, 1.54) is 17.7 Å². The maximum absolute atomic E-state index is 14.8. The van der Waals surface area contributed by atoms with Gasteiger partial charge in [-0.2, -0.15) is 13.2 Å². The van der Waals surface area contributed by atoms with Gasteiger partial charge in [0.05, 0.1) is 11.0 Å². The third-order valence-corrected chi connectivity index (χ3v) is 16.4. The van der Waals surface area contributed by atoms with E-state index in [0.29, 0.717) is 41.6 Å². The zero-order chi connectivity index (χ0) is 36.2. The van der Waals surface area contributed by atoms with Crippen molar-refractivity contribution in [1.82, 2.24) is 9.80 Å². The van der Waals surface area contributed by atoms with Crippen molar-refractivity contribution < 1.29 is 22.8 Å². The average Bonchev–Trinajstić information content (AvgIpc) is 3.45. The normalized spacial score (nSPS) is 42.4. The molecular formula is C43H59F3N2O2. The summed E-state index contributed by atoms with van der Waals surface area (Å²) in [7, 11) is 2.15. The first kappa shape index (κ1) is 36.0. The number of rotatable bonds is 3. The fraction of sp³-hybridized carbons (Fsp3) is 0.721. The predicted octanol–water partition coefficient (Wildman–Crippen LogP) is 9.70. The molecule has 0 aromatic heterocycles. The van der Waals surface area contributed by atoms with Crippen LogP contribution < -0.4 is 0 Å². The van der Waals surface area contributed by atoms with Crippen LogP contribution in [0.4, 0.5) is 13.2 Å². The summed E-state index contributed by atoms with van der Waals surface area (Å²) in [6.07, 6.45) is 6.44. The minimum atomic E-state index is -4.39. The lowest BCUT2D eigenvalue weighted by molar-refractivity contribution is -0.231. The van der Waals surface area contributed by atoms with E-state index < -0.39 is 17.2 Å². The van der Waals surface area contributed by atoms with E-state index in [4.69, 9.17) is 0 Å². The van der Waals surface area contributed by atoms with Crippen molar-refractivity contribution in [2.24, 2.45) is 56.7 Å². The zero-order valence-electron chi connectivity index (χ0n) is 31.5. The number of hydrogen-bond donors (Lipinski definition) is 0. The van der Waals surface area contributed by atoms with Gasteiger partial charge in [-0.3, -0.25) is 9.59 Å². The molecule has 1 aromatic carbocycles. The molecule has 1 aliphatic heterocycles. The summed E-state index contributed by atoms with van der Waals surface area (Å²) in [5.74, 6) is 2.32. The molecule has 9 atom stereocenters. The van der Waals surface area contributed by atoms with E-state index in [2.05, 4.69) is 65.0 Å². The van der Waals surface area contributed by atoms with Crippen LogP contribution in [0.25, 0.3) is 6.08 Å². The Hall–Kier alpha value is -2.41. The third kappa shape index (κ3) is 5.08. The average molecular weight is 693 g/mol. The van der Waals surface area contributed by atoms with E-state index in [0.717, 1.165) is 95.3 Å². The van der Waals surface area contributed by atoms with Crippen LogP contribution in [0.1, 0.15) is 110 Å². The molecule has 50 heavy (non-hydrogen) atoms. The molecule has 0 N–H and O–H groups in total. The third-order valence-electron chi connectivity index (χ3n) is 16.4. The molecule has 0 bridgehead atoms. The van der Waals surface area contributed by atoms with Gasteiger partial charge in [-0.05, 0) is 147 Å². The first-order valence-electron chi connectivity index (χ1n) is 19.4. The van der Waals surface area contributed by atoms with E-state index in [1.807, 2.05) is 6.08 Å². The van der Waals surface area contributed by atoms with Crippen LogP contribution >= 0.6 is 0 Å². The van der Waals surface area contributed by atoms with Crippen molar-refractivity contribution in [2.45, 2.75) is 106 Å². The maximum atomic E-state index is 14.8. The van der Waals surface area contributed by atoms with Gasteiger partial charge < -0.3 is 9.80 Å². The summed E-state index contributed by atoms with van der Waals surface area (Å²) in [4.78, 5) is 33.5. The molecule has 1 aromatic rings. The summed E-state index contributed by atoms with van der Waals surface area (Å²) >= 11 is 0. The van der Waals surface area contributed by atoms with Crippen LogP contribution in [0.15, 0.2) is 42.0 Å². The van der Waals surface area contributed by atoms with Crippen LogP contribution in [-0.2, 0) is 15.8 Å². The fourth-order valence-corrected chi connectivity index (χ4v) is 13.8.